The molecule has 1 heterocycles. The Morgan fingerprint density at radius 1 is 1.33 bits per heavy atom. The van der Waals surface area contributed by atoms with Gasteiger partial charge in [-0.1, -0.05) is 5.16 Å². The van der Waals surface area contributed by atoms with Crippen LogP contribution in [0.2, 0.25) is 0 Å². The average Bonchev–Trinajstić information content (AvgIpc) is 2.97. The van der Waals surface area contributed by atoms with Crippen LogP contribution in [-0.2, 0) is 6.42 Å². The molecule has 21 heavy (non-hydrogen) atoms. The highest BCUT2D eigenvalue weighted by molar-refractivity contribution is 5.79. The smallest absolute Gasteiger partial charge is 0.227 e. The van der Waals surface area contributed by atoms with E-state index in [9.17, 15) is 4.39 Å². The Labute approximate surface area is 122 Å². The van der Waals surface area contributed by atoms with Crippen LogP contribution < -0.4 is 10.6 Å². The number of nitrogens with one attached hydrogen (secondary N) is 2. The zero-order valence-electron chi connectivity index (χ0n) is 12.1. The number of guanidine groups is 1. The molecule has 0 aliphatic carbocycles. The van der Waals surface area contributed by atoms with Gasteiger partial charge in [0.1, 0.15) is 5.82 Å². The van der Waals surface area contributed by atoms with Gasteiger partial charge in [0, 0.05) is 32.6 Å². The predicted octanol–water partition coefficient (Wildman–Crippen LogP) is 1.60. The van der Waals surface area contributed by atoms with Crippen molar-refractivity contribution >= 4 is 5.96 Å². The molecule has 2 rings (SSSR count). The van der Waals surface area contributed by atoms with Gasteiger partial charge in [0.15, 0.2) is 5.96 Å². The first-order valence-electron chi connectivity index (χ1n) is 6.70. The fourth-order valence-corrected chi connectivity index (χ4v) is 1.80. The van der Waals surface area contributed by atoms with Crippen molar-refractivity contribution in [2.24, 2.45) is 4.99 Å². The number of hydrogen-bond donors (Lipinski definition) is 2. The number of aryl methyl sites for hydroxylation is 1. The van der Waals surface area contributed by atoms with Gasteiger partial charge < -0.3 is 15.2 Å². The van der Waals surface area contributed by atoms with E-state index in [0.29, 0.717) is 18.1 Å². The van der Waals surface area contributed by atoms with Gasteiger partial charge in [-0.05, 0) is 30.7 Å². The van der Waals surface area contributed by atoms with E-state index in [2.05, 4.69) is 25.8 Å². The minimum atomic E-state index is -0.286. The maximum absolute atomic E-state index is 12.9. The van der Waals surface area contributed by atoms with Crippen molar-refractivity contribution in [2.75, 3.05) is 20.6 Å². The van der Waals surface area contributed by atoms with Gasteiger partial charge in [0.2, 0.25) is 11.7 Å². The van der Waals surface area contributed by atoms with Crippen LogP contribution in [0.1, 0.15) is 12.3 Å². The number of nitrogens with zero attached hydrogens (tertiary/aromatic N) is 3. The van der Waals surface area contributed by atoms with Gasteiger partial charge in [0.05, 0.1) is 0 Å². The van der Waals surface area contributed by atoms with Gasteiger partial charge in [-0.3, -0.25) is 4.99 Å². The third-order valence-electron chi connectivity index (χ3n) is 2.89. The van der Waals surface area contributed by atoms with Crippen LogP contribution in [0.4, 0.5) is 4.39 Å². The summed E-state index contributed by atoms with van der Waals surface area (Å²) in [6.45, 7) is 0.752. The first-order chi connectivity index (χ1) is 10.2. The van der Waals surface area contributed by atoms with E-state index in [1.54, 1.807) is 19.2 Å². The molecule has 2 N–H and O–H groups in total. The van der Waals surface area contributed by atoms with Crippen LogP contribution in [-0.4, -0.2) is 36.7 Å². The van der Waals surface area contributed by atoms with E-state index in [-0.39, 0.29) is 5.82 Å². The molecule has 0 bridgehead atoms. The normalized spacial score (nSPS) is 11.5. The molecule has 0 saturated carbocycles. The minimum absolute atomic E-state index is 0.286. The van der Waals surface area contributed by atoms with E-state index in [1.165, 1.54) is 12.1 Å². The van der Waals surface area contributed by atoms with Crippen molar-refractivity contribution in [1.82, 2.24) is 20.8 Å². The summed E-state index contributed by atoms with van der Waals surface area (Å²) in [5, 5.41) is 9.98. The molecule has 0 amide bonds. The molecular weight excluding hydrogens is 273 g/mol. The Morgan fingerprint density at radius 2 is 2.10 bits per heavy atom. The van der Waals surface area contributed by atoms with Crippen molar-refractivity contribution < 1.29 is 8.91 Å². The summed E-state index contributed by atoms with van der Waals surface area (Å²) in [4.78, 5) is 8.31. The largest absolute Gasteiger partial charge is 0.359 e. The van der Waals surface area contributed by atoms with Crippen LogP contribution in [0.5, 0.6) is 0 Å². The van der Waals surface area contributed by atoms with E-state index in [1.807, 2.05) is 7.05 Å². The maximum atomic E-state index is 12.9. The Hall–Kier alpha value is -2.44. The molecule has 0 radical (unpaired) electrons. The number of aliphatic imine (C=N–C) groups is 1. The molecule has 1 aromatic heterocycles. The second-order valence-electron chi connectivity index (χ2n) is 4.37. The molecule has 0 aliphatic heterocycles. The summed E-state index contributed by atoms with van der Waals surface area (Å²) < 4.78 is 18.0. The maximum Gasteiger partial charge on any atom is 0.227 e. The van der Waals surface area contributed by atoms with E-state index < -0.39 is 0 Å². The van der Waals surface area contributed by atoms with Gasteiger partial charge >= 0.3 is 0 Å². The molecule has 0 atom stereocenters. The average molecular weight is 291 g/mol. The topological polar surface area (TPSA) is 75.3 Å². The molecule has 0 spiro atoms. The Kier molecular flexibility index (Phi) is 5.25. The van der Waals surface area contributed by atoms with Gasteiger partial charge in [0.25, 0.3) is 0 Å². The quantitative estimate of drug-likeness (QED) is 0.497. The fraction of sp³-hybridized carbons (Fsp3) is 0.357. The molecule has 1 aromatic carbocycles. The monoisotopic (exact) mass is 291 g/mol. The Morgan fingerprint density at radius 3 is 2.76 bits per heavy atom. The lowest BCUT2D eigenvalue weighted by atomic mass is 10.2. The first-order valence-corrected chi connectivity index (χ1v) is 6.70. The zero-order valence-corrected chi connectivity index (χ0v) is 12.1. The van der Waals surface area contributed by atoms with E-state index in [4.69, 9.17) is 4.52 Å². The minimum Gasteiger partial charge on any atom is -0.359 e. The molecule has 0 aliphatic rings. The summed E-state index contributed by atoms with van der Waals surface area (Å²) in [5.41, 5.74) is 0.736. The number of halogens is 1. The van der Waals surface area contributed by atoms with Crippen molar-refractivity contribution in [1.29, 1.82) is 0 Å². The SMILES string of the molecule is CN=C(NC)NCCCc1nc(-c2ccc(F)cc2)no1. The van der Waals surface area contributed by atoms with E-state index in [0.717, 1.165) is 24.5 Å². The molecular formula is C14H18FN5O. The summed E-state index contributed by atoms with van der Waals surface area (Å²) in [5.74, 6) is 1.50. The molecule has 0 fully saturated rings. The summed E-state index contributed by atoms with van der Waals surface area (Å²) >= 11 is 0. The lowest BCUT2D eigenvalue weighted by molar-refractivity contribution is 0.376. The van der Waals surface area contributed by atoms with Crippen molar-refractivity contribution in [3.05, 3.63) is 36.0 Å². The van der Waals surface area contributed by atoms with Crippen molar-refractivity contribution in [3.8, 4) is 11.4 Å². The van der Waals surface area contributed by atoms with Crippen LogP contribution >= 0.6 is 0 Å². The van der Waals surface area contributed by atoms with Crippen LogP contribution in [0.15, 0.2) is 33.8 Å². The van der Waals surface area contributed by atoms with Crippen molar-refractivity contribution in [3.63, 3.8) is 0 Å². The summed E-state index contributed by atoms with van der Waals surface area (Å²) in [7, 11) is 3.52. The molecule has 0 unspecified atom stereocenters. The molecule has 6 nitrogen and oxygen atoms in total. The highest BCUT2D eigenvalue weighted by atomic mass is 19.1. The molecule has 7 heteroatoms. The van der Waals surface area contributed by atoms with Crippen LogP contribution in [0.25, 0.3) is 11.4 Å². The highest BCUT2D eigenvalue weighted by Gasteiger charge is 2.08. The highest BCUT2D eigenvalue weighted by Crippen LogP contribution is 2.16. The third kappa shape index (κ3) is 4.27. The number of benzene rings is 1. The third-order valence-corrected chi connectivity index (χ3v) is 2.89. The lowest BCUT2D eigenvalue weighted by Crippen LogP contribution is -2.35. The number of rotatable bonds is 5. The first kappa shape index (κ1) is 15.0. The molecule has 2 aromatic rings. The fourth-order valence-electron chi connectivity index (χ4n) is 1.80. The lowest BCUT2D eigenvalue weighted by Gasteiger charge is -2.06. The Balaban J connectivity index is 1.85. The molecule has 0 saturated heterocycles. The molecule has 112 valence electrons. The zero-order chi connectivity index (χ0) is 15.1. The van der Waals surface area contributed by atoms with Crippen LogP contribution in [0.3, 0.4) is 0 Å². The van der Waals surface area contributed by atoms with Crippen molar-refractivity contribution in [2.45, 2.75) is 12.8 Å². The summed E-state index contributed by atoms with van der Waals surface area (Å²) in [6.07, 6.45) is 1.51. The van der Waals surface area contributed by atoms with Gasteiger partial charge in [-0.15, -0.1) is 0 Å². The van der Waals surface area contributed by atoms with E-state index >= 15 is 0 Å². The Bertz CT molecular complexity index is 594. The number of hydrogen-bond acceptors (Lipinski definition) is 4. The van der Waals surface area contributed by atoms with Gasteiger partial charge in [-0.2, -0.15) is 4.98 Å². The van der Waals surface area contributed by atoms with Crippen LogP contribution in [0, 0.1) is 5.82 Å². The number of aromatic nitrogens is 2. The second kappa shape index (κ2) is 7.37. The standard InChI is InChI=1S/C14H18FN5O/c1-16-14(17-2)18-9-3-4-12-19-13(20-21-12)10-5-7-11(15)8-6-10/h5-8H,3-4,9H2,1-2H3,(H2,16,17,18). The second-order valence-corrected chi connectivity index (χ2v) is 4.37. The summed E-state index contributed by atoms with van der Waals surface area (Å²) in [6, 6.07) is 6.00. The predicted molar refractivity (Wildman–Crippen MR) is 78.4 cm³/mol. The van der Waals surface area contributed by atoms with Gasteiger partial charge in [-0.25, -0.2) is 4.39 Å².